The first-order chi connectivity index (χ1) is 14.6. The summed E-state index contributed by atoms with van der Waals surface area (Å²) in [7, 11) is 1.58. The summed E-state index contributed by atoms with van der Waals surface area (Å²) in [5, 5.41) is 24.5. The van der Waals surface area contributed by atoms with Crippen LogP contribution in [0, 0.1) is 6.57 Å². The van der Waals surface area contributed by atoms with Gasteiger partial charge in [0.1, 0.15) is 5.75 Å². The molecular formula is C22H22ClN5O2. The molecule has 0 radical (unpaired) electrons. The first-order valence-corrected chi connectivity index (χ1v) is 10.1. The minimum absolute atomic E-state index is 0.365. The van der Waals surface area contributed by atoms with E-state index in [0.717, 1.165) is 41.5 Å². The van der Waals surface area contributed by atoms with Crippen LogP contribution in [-0.4, -0.2) is 41.6 Å². The molecule has 8 heteroatoms. The standard InChI is InChI=1S/C22H22ClN5O2/c1-24-15-6-7-17-18(11-15)21(25-12-14-5-8-20(30-2)19(23)10-14)26-27-22(17)28-9-3-4-16(29)13-28/h5-8,10-11,16,29H,3-4,9,12-13H2,2H3,(H,25,26). The molecule has 4 rings (SSSR count). The van der Waals surface area contributed by atoms with Gasteiger partial charge in [-0.2, -0.15) is 0 Å². The molecule has 3 aromatic rings. The number of nitrogens with zero attached hydrogens (tertiary/aromatic N) is 4. The zero-order valence-electron chi connectivity index (χ0n) is 16.6. The maximum absolute atomic E-state index is 10.1. The smallest absolute Gasteiger partial charge is 0.188 e. The molecule has 0 bridgehead atoms. The van der Waals surface area contributed by atoms with Gasteiger partial charge in [-0.05, 0) is 36.6 Å². The molecule has 1 unspecified atom stereocenters. The Hall–Kier alpha value is -3.08. The van der Waals surface area contributed by atoms with Gasteiger partial charge in [0.2, 0.25) is 0 Å². The van der Waals surface area contributed by atoms with E-state index in [1.807, 2.05) is 30.3 Å². The number of aliphatic hydroxyl groups is 1. The van der Waals surface area contributed by atoms with Gasteiger partial charge in [0, 0.05) is 30.4 Å². The molecule has 1 fully saturated rings. The molecule has 1 atom stereocenters. The van der Waals surface area contributed by atoms with E-state index >= 15 is 0 Å². The van der Waals surface area contributed by atoms with E-state index in [4.69, 9.17) is 22.9 Å². The van der Waals surface area contributed by atoms with Crippen LogP contribution in [0.5, 0.6) is 5.75 Å². The van der Waals surface area contributed by atoms with Crippen molar-refractivity contribution in [1.82, 2.24) is 10.2 Å². The highest BCUT2D eigenvalue weighted by molar-refractivity contribution is 6.32. The molecule has 0 amide bonds. The van der Waals surface area contributed by atoms with Gasteiger partial charge in [-0.3, -0.25) is 0 Å². The van der Waals surface area contributed by atoms with Crippen molar-refractivity contribution >= 4 is 39.7 Å². The second-order valence-electron chi connectivity index (χ2n) is 7.28. The first kappa shape index (κ1) is 20.2. The van der Waals surface area contributed by atoms with Crippen LogP contribution in [0.15, 0.2) is 36.4 Å². The van der Waals surface area contributed by atoms with E-state index in [-0.39, 0.29) is 6.10 Å². The fourth-order valence-corrected chi connectivity index (χ4v) is 3.99. The Morgan fingerprint density at radius 3 is 2.87 bits per heavy atom. The third-order valence-electron chi connectivity index (χ3n) is 5.25. The van der Waals surface area contributed by atoms with Crippen molar-refractivity contribution in [3.8, 4) is 5.75 Å². The number of benzene rings is 2. The minimum Gasteiger partial charge on any atom is -0.495 e. The third-order valence-corrected chi connectivity index (χ3v) is 5.54. The lowest BCUT2D eigenvalue weighted by Crippen LogP contribution is -2.39. The zero-order chi connectivity index (χ0) is 21.1. The summed E-state index contributed by atoms with van der Waals surface area (Å²) in [5.74, 6) is 1.96. The third kappa shape index (κ3) is 4.11. The molecule has 0 saturated carbocycles. The van der Waals surface area contributed by atoms with Crippen molar-refractivity contribution in [3.63, 3.8) is 0 Å². The number of hydrogen-bond acceptors (Lipinski definition) is 6. The monoisotopic (exact) mass is 423 g/mol. The number of hydrogen-bond donors (Lipinski definition) is 2. The molecule has 1 aliphatic heterocycles. The lowest BCUT2D eigenvalue weighted by atomic mass is 10.1. The predicted molar refractivity (Wildman–Crippen MR) is 119 cm³/mol. The Labute approximate surface area is 180 Å². The van der Waals surface area contributed by atoms with Crippen LogP contribution in [0.3, 0.4) is 0 Å². The molecule has 2 N–H and O–H groups in total. The van der Waals surface area contributed by atoms with Gasteiger partial charge in [-0.15, -0.1) is 10.2 Å². The Kier molecular flexibility index (Phi) is 5.88. The Bertz CT molecular complexity index is 1110. The van der Waals surface area contributed by atoms with E-state index in [0.29, 0.717) is 35.4 Å². The molecule has 0 aliphatic carbocycles. The number of aromatic nitrogens is 2. The Morgan fingerprint density at radius 2 is 2.13 bits per heavy atom. The van der Waals surface area contributed by atoms with E-state index in [1.54, 1.807) is 13.2 Å². The highest BCUT2D eigenvalue weighted by atomic mass is 35.5. The van der Waals surface area contributed by atoms with Crippen molar-refractivity contribution in [1.29, 1.82) is 0 Å². The van der Waals surface area contributed by atoms with Gasteiger partial charge >= 0.3 is 0 Å². The summed E-state index contributed by atoms with van der Waals surface area (Å²) in [6.07, 6.45) is 1.34. The van der Waals surface area contributed by atoms with Gasteiger partial charge in [0.05, 0.1) is 24.8 Å². The van der Waals surface area contributed by atoms with Gasteiger partial charge in [0.25, 0.3) is 0 Å². The highest BCUT2D eigenvalue weighted by Gasteiger charge is 2.22. The molecule has 1 aliphatic rings. The topological polar surface area (TPSA) is 74.9 Å². The number of aliphatic hydroxyl groups excluding tert-OH is 1. The van der Waals surface area contributed by atoms with Gasteiger partial charge in [0.15, 0.2) is 17.3 Å². The highest BCUT2D eigenvalue weighted by Crippen LogP contribution is 2.33. The minimum atomic E-state index is -0.365. The Morgan fingerprint density at radius 1 is 1.27 bits per heavy atom. The number of halogens is 1. The molecule has 2 aromatic carbocycles. The molecule has 1 saturated heterocycles. The molecular weight excluding hydrogens is 402 g/mol. The second-order valence-corrected chi connectivity index (χ2v) is 7.69. The summed E-state index contributed by atoms with van der Waals surface area (Å²) in [4.78, 5) is 5.62. The lowest BCUT2D eigenvalue weighted by molar-refractivity contribution is 0.154. The zero-order valence-corrected chi connectivity index (χ0v) is 17.4. The second kappa shape index (κ2) is 8.74. The summed E-state index contributed by atoms with van der Waals surface area (Å²) in [6, 6.07) is 11.1. The normalized spacial score (nSPS) is 16.3. The van der Waals surface area contributed by atoms with Gasteiger partial charge in [-0.25, -0.2) is 4.85 Å². The molecule has 30 heavy (non-hydrogen) atoms. The number of methoxy groups -OCH3 is 1. The van der Waals surface area contributed by atoms with Crippen molar-refractivity contribution in [2.45, 2.75) is 25.5 Å². The van der Waals surface area contributed by atoms with Crippen LogP contribution in [-0.2, 0) is 6.54 Å². The number of fused-ring (bicyclic) bond motifs is 1. The molecule has 0 spiro atoms. The maximum Gasteiger partial charge on any atom is 0.188 e. The summed E-state index contributed by atoms with van der Waals surface area (Å²) in [5.41, 5.74) is 1.51. The molecule has 7 nitrogen and oxygen atoms in total. The predicted octanol–water partition coefficient (Wildman–Crippen LogP) is 4.42. The van der Waals surface area contributed by atoms with Crippen molar-refractivity contribution in [2.24, 2.45) is 0 Å². The summed E-state index contributed by atoms with van der Waals surface area (Å²) >= 11 is 6.22. The van der Waals surface area contributed by atoms with Crippen molar-refractivity contribution in [2.75, 3.05) is 30.4 Å². The number of rotatable bonds is 5. The summed E-state index contributed by atoms with van der Waals surface area (Å²) in [6.45, 7) is 9.22. The summed E-state index contributed by atoms with van der Waals surface area (Å²) < 4.78 is 5.20. The van der Waals surface area contributed by atoms with E-state index < -0.39 is 0 Å². The SMILES string of the molecule is [C-]#[N+]c1ccc2c(N3CCCC(O)C3)nnc(NCc3ccc(OC)c(Cl)c3)c2c1. The van der Waals surface area contributed by atoms with Gasteiger partial charge < -0.3 is 20.1 Å². The molecule has 154 valence electrons. The number of β-amino-alcohol motifs (C(OH)–C–C–N with tert-alkyl or cyclic N) is 1. The van der Waals surface area contributed by atoms with Crippen LogP contribution >= 0.6 is 11.6 Å². The quantitative estimate of drug-likeness (QED) is 0.592. The van der Waals surface area contributed by atoms with Crippen LogP contribution in [0.4, 0.5) is 17.3 Å². The van der Waals surface area contributed by atoms with Crippen LogP contribution < -0.4 is 15.0 Å². The van der Waals surface area contributed by atoms with Crippen molar-refractivity contribution in [3.05, 3.63) is 58.4 Å². The number of nitrogens with one attached hydrogen (secondary N) is 1. The lowest BCUT2D eigenvalue weighted by Gasteiger charge is -2.31. The average molecular weight is 424 g/mol. The fraction of sp³-hybridized carbons (Fsp3) is 0.318. The van der Waals surface area contributed by atoms with E-state index in [9.17, 15) is 5.11 Å². The maximum atomic E-state index is 10.1. The van der Waals surface area contributed by atoms with Crippen LogP contribution in [0.2, 0.25) is 5.02 Å². The average Bonchev–Trinajstić information content (AvgIpc) is 2.77. The molecule has 1 aromatic heterocycles. The largest absolute Gasteiger partial charge is 0.495 e. The molecule has 2 heterocycles. The van der Waals surface area contributed by atoms with E-state index in [2.05, 4.69) is 25.3 Å². The van der Waals surface area contributed by atoms with Gasteiger partial charge in [-0.1, -0.05) is 29.8 Å². The van der Waals surface area contributed by atoms with Crippen LogP contribution in [0.25, 0.3) is 15.6 Å². The van der Waals surface area contributed by atoms with Crippen molar-refractivity contribution < 1.29 is 9.84 Å². The first-order valence-electron chi connectivity index (χ1n) is 9.76. The fourth-order valence-electron chi connectivity index (χ4n) is 3.71. The van der Waals surface area contributed by atoms with Crippen LogP contribution in [0.1, 0.15) is 18.4 Å². The van der Waals surface area contributed by atoms with E-state index in [1.165, 1.54) is 0 Å². The Balaban J connectivity index is 1.67. The number of ether oxygens (including phenoxy) is 1. The number of anilines is 2. The number of piperidine rings is 1.